The van der Waals surface area contributed by atoms with Crippen molar-refractivity contribution >= 4 is 17.7 Å². The second-order valence-corrected chi connectivity index (χ2v) is 10.2. The minimum Gasteiger partial charge on any atom is -0.473 e. The van der Waals surface area contributed by atoms with Crippen molar-refractivity contribution in [1.82, 2.24) is 25.1 Å². The second-order valence-electron chi connectivity index (χ2n) is 10.2. The normalized spacial score (nSPS) is 25.2. The Kier molecular flexibility index (Phi) is 6.01. The van der Waals surface area contributed by atoms with E-state index in [9.17, 15) is 4.79 Å². The van der Waals surface area contributed by atoms with Crippen LogP contribution >= 0.6 is 0 Å². The molecule has 2 aliphatic rings. The van der Waals surface area contributed by atoms with Crippen LogP contribution in [0.15, 0.2) is 18.5 Å². The summed E-state index contributed by atoms with van der Waals surface area (Å²) in [6.45, 7) is 12.1. The summed E-state index contributed by atoms with van der Waals surface area (Å²) in [6.07, 6.45) is 5.72. The molecule has 2 bridgehead atoms. The number of ether oxygens (including phenoxy) is 2. The lowest BCUT2D eigenvalue weighted by molar-refractivity contribution is -0.0272. The van der Waals surface area contributed by atoms with Gasteiger partial charge in [0.1, 0.15) is 11.7 Å². The Morgan fingerprint density at radius 1 is 1.25 bits per heavy atom. The fraction of sp³-hybridized carbons (Fsp3) is 0.652. The molecule has 174 valence electrons. The molecule has 0 unspecified atom stereocenters. The zero-order valence-corrected chi connectivity index (χ0v) is 19.8. The summed E-state index contributed by atoms with van der Waals surface area (Å²) in [5, 5.41) is 10.5. The molecular weight excluding hydrogens is 408 g/mol. The highest BCUT2D eigenvalue weighted by molar-refractivity contribution is 5.69. The smallest absolute Gasteiger partial charge is 0.410 e. The second kappa shape index (κ2) is 8.60. The lowest BCUT2D eigenvalue weighted by atomic mass is 9.89. The lowest BCUT2D eigenvalue weighted by Crippen LogP contribution is -2.55. The quantitative estimate of drug-likeness (QED) is 0.696. The van der Waals surface area contributed by atoms with Crippen molar-refractivity contribution in [3.8, 4) is 5.88 Å². The Labute approximate surface area is 189 Å². The fourth-order valence-corrected chi connectivity index (χ4v) is 4.59. The number of amides is 1. The van der Waals surface area contributed by atoms with Gasteiger partial charge in [0, 0.05) is 36.2 Å². The predicted molar refractivity (Wildman–Crippen MR) is 121 cm³/mol. The van der Waals surface area contributed by atoms with Gasteiger partial charge in [-0.25, -0.2) is 4.79 Å². The van der Waals surface area contributed by atoms with Gasteiger partial charge in [0.15, 0.2) is 11.6 Å². The number of aromatic amines is 1. The Morgan fingerprint density at radius 2 is 2.03 bits per heavy atom. The van der Waals surface area contributed by atoms with Gasteiger partial charge in [-0.05, 0) is 39.5 Å². The van der Waals surface area contributed by atoms with Crippen molar-refractivity contribution in [2.24, 2.45) is 5.92 Å². The van der Waals surface area contributed by atoms with Crippen molar-refractivity contribution in [3.63, 3.8) is 0 Å². The molecule has 9 heteroatoms. The molecule has 2 aliphatic heterocycles. The molecule has 2 saturated heterocycles. The Balaban J connectivity index is 1.42. The first-order chi connectivity index (χ1) is 15.1. The van der Waals surface area contributed by atoms with Gasteiger partial charge >= 0.3 is 6.09 Å². The zero-order chi connectivity index (χ0) is 23.0. The average Bonchev–Trinajstić information content (AvgIpc) is 3.30. The number of nitrogens with one attached hydrogen (secondary N) is 2. The molecule has 2 fully saturated rings. The van der Waals surface area contributed by atoms with Crippen molar-refractivity contribution < 1.29 is 14.3 Å². The highest BCUT2D eigenvalue weighted by Gasteiger charge is 2.49. The number of carbonyl (C=O) groups is 1. The van der Waals surface area contributed by atoms with Gasteiger partial charge in [0.25, 0.3) is 0 Å². The maximum Gasteiger partial charge on any atom is 0.410 e. The predicted octanol–water partition coefficient (Wildman–Crippen LogP) is 4.62. The SMILES string of the molecule is CC(C)c1cc(Nc2cncc(O[C@@H]3C[C@H]4CC[C@@H]([C@@H]3C)N4C(=O)OC(C)(C)C)n2)n[nH]1. The summed E-state index contributed by atoms with van der Waals surface area (Å²) < 4.78 is 11.9. The molecule has 2 aromatic rings. The van der Waals surface area contributed by atoms with Crippen molar-refractivity contribution in [2.75, 3.05) is 5.32 Å². The molecule has 2 aromatic heterocycles. The van der Waals surface area contributed by atoms with Crippen LogP contribution in [0.2, 0.25) is 0 Å². The third kappa shape index (κ3) is 4.81. The van der Waals surface area contributed by atoms with E-state index in [2.05, 4.69) is 46.3 Å². The molecule has 4 rings (SSSR count). The Hall–Kier alpha value is -2.84. The summed E-state index contributed by atoms with van der Waals surface area (Å²) in [4.78, 5) is 23.6. The van der Waals surface area contributed by atoms with Crippen LogP contribution in [0.1, 0.15) is 72.4 Å². The summed E-state index contributed by atoms with van der Waals surface area (Å²) in [5.74, 6) is 2.27. The number of nitrogens with zero attached hydrogens (tertiary/aromatic N) is 4. The monoisotopic (exact) mass is 442 g/mol. The minimum atomic E-state index is -0.500. The largest absolute Gasteiger partial charge is 0.473 e. The van der Waals surface area contributed by atoms with Crippen LogP contribution in [0.5, 0.6) is 5.88 Å². The van der Waals surface area contributed by atoms with Crippen LogP contribution in [0.4, 0.5) is 16.4 Å². The lowest BCUT2D eigenvalue weighted by Gasteiger charge is -2.43. The number of aromatic nitrogens is 4. The van der Waals surface area contributed by atoms with Crippen LogP contribution in [0.25, 0.3) is 0 Å². The standard InChI is InChI=1S/C23H34N6O3/c1-13(2)16-10-19(28-27-16)25-20-11-24-12-21(26-20)31-18-9-15-7-8-17(14(18)3)29(15)22(30)32-23(4,5)6/h10-15,17-18H,7-9H2,1-6H3,(H2,25,26,27,28)/t14-,15+,17-,18+/m0/s1. The van der Waals surface area contributed by atoms with E-state index < -0.39 is 5.60 Å². The first-order valence-corrected chi connectivity index (χ1v) is 11.4. The number of hydrogen-bond donors (Lipinski definition) is 2. The third-order valence-corrected chi connectivity index (χ3v) is 6.21. The van der Waals surface area contributed by atoms with Crippen LogP contribution in [0, 0.1) is 5.92 Å². The van der Waals surface area contributed by atoms with E-state index in [1.807, 2.05) is 31.7 Å². The minimum absolute atomic E-state index is 0.0336. The Bertz CT molecular complexity index is 953. The van der Waals surface area contributed by atoms with E-state index in [1.165, 1.54) is 0 Å². The van der Waals surface area contributed by atoms with Gasteiger partial charge < -0.3 is 19.7 Å². The topological polar surface area (TPSA) is 105 Å². The molecule has 0 aliphatic carbocycles. The molecule has 0 spiro atoms. The molecule has 9 nitrogen and oxygen atoms in total. The number of H-pyrrole nitrogens is 1. The van der Waals surface area contributed by atoms with E-state index in [0.717, 1.165) is 25.0 Å². The third-order valence-electron chi connectivity index (χ3n) is 6.21. The summed E-state index contributed by atoms with van der Waals surface area (Å²) >= 11 is 0. The molecule has 4 atom stereocenters. The van der Waals surface area contributed by atoms with E-state index >= 15 is 0 Å². The summed E-state index contributed by atoms with van der Waals surface area (Å²) in [5.41, 5.74) is 0.550. The van der Waals surface area contributed by atoms with Gasteiger partial charge in [0.05, 0.1) is 12.4 Å². The first kappa shape index (κ1) is 22.4. The summed E-state index contributed by atoms with van der Waals surface area (Å²) in [6, 6.07) is 2.21. The van der Waals surface area contributed by atoms with Crippen LogP contribution in [-0.2, 0) is 4.74 Å². The molecule has 1 amide bonds. The molecule has 0 radical (unpaired) electrons. The van der Waals surface area contributed by atoms with Crippen LogP contribution in [-0.4, -0.2) is 54.9 Å². The molecule has 32 heavy (non-hydrogen) atoms. The fourth-order valence-electron chi connectivity index (χ4n) is 4.59. The summed E-state index contributed by atoms with van der Waals surface area (Å²) in [7, 11) is 0. The molecule has 4 heterocycles. The average molecular weight is 443 g/mol. The van der Waals surface area contributed by atoms with E-state index in [4.69, 9.17) is 9.47 Å². The van der Waals surface area contributed by atoms with E-state index in [1.54, 1.807) is 12.4 Å². The number of rotatable bonds is 5. The zero-order valence-electron chi connectivity index (χ0n) is 19.8. The van der Waals surface area contributed by atoms with Gasteiger partial charge in [-0.1, -0.05) is 20.8 Å². The maximum atomic E-state index is 12.8. The Morgan fingerprint density at radius 3 is 2.72 bits per heavy atom. The number of anilines is 2. The molecule has 0 aromatic carbocycles. The highest BCUT2D eigenvalue weighted by Crippen LogP contribution is 2.41. The highest BCUT2D eigenvalue weighted by atomic mass is 16.6. The van der Waals surface area contributed by atoms with Gasteiger partial charge in [-0.3, -0.25) is 10.1 Å². The van der Waals surface area contributed by atoms with Gasteiger partial charge in [-0.15, -0.1) is 0 Å². The van der Waals surface area contributed by atoms with Gasteiger partial charge in [0.2, 0.25) is 5.88 Å². The number of fused-ring (bicyclic) bond motifs is 2. The molecular formula is C23H34N6O3. The first-order valence-electron chi connectivity index (χ1n) is 11.4. The maximum absolute atomic E-state index is 12.8. The van der Waals surface area contributed by atoms with E-state index in [0.29, 0.717) is 23.4 Å². The van der Waals surface area contributed by atoms with Crippen LogP contribution in [0.3, 0.4) is 0 Å². The number of carbonyl (C=O) groups excluding carboxylic acids is 1. The van der Waals surface area contributed by atoms with Crippen molar-refractivity contribution in [1.29, 1.82) is 0 Å². The van der Waals surface area contributed by atoms with Crippen LogP contribution < -0.4 is 10.1 Å². The van der Waals surface area contributed by atoms with Gasteiger partial charge in [-0.2, -0.15) is 10.1 Å². The van der Waals surface area contributed by atoms with E-state index in [-0.39, 0.29) is 30.2 Å². The number of hydrogen-bond acceptors (Lipinski definition) is 7. The van der Waals surface area contributed by atoms with Crippen molar-refractivity contribution in [3.05, 3.63) is 24.2 Å². The van der Waals surface area contributed by atoms with Crippen molar-refractivity contribution in [2.45, 2.75) is 90.5 Å². The molecule has 2 N–H and O–H groups in total. The molecule has 0 saturated carbocycles. The number of piperidine rings is 1.